The van der Waals surface area contributed by atoms with Gasteiger partial charge in [-0.2, -0.15) is 4.72 Å². The van der Waals surface area contributed by atoms with Gasteiger partial charge >= 0.3 is 5.97 Å². The van der Waals surface area contributed by atoms with Gasteiger partial charge in [-0.15, -0.1) is 0 Å². The molecular weight excluding hydrogens is 520 g/mol. The second-order valence-electron chi connectivity index (χ2n) is 11.0. The van der Waals surface area contributed by atoms with E-state index >= 15 is 0 Å². The quantitative estimate of drug-likeness (QED) is 0.194. The van der Waals surface area contributed by atoms with Crippen LogP contribution in [0.2, 0.25) is 0 Å². The number of nitrogens with zero attached hydrogens (tertiary/aromatic N) is 3. The highest BCUT2D eigenvalue weighted by molar-refractivity contribution is 7.89. The highest BCUT2D eigenvalue weighted by Gasteiger charge is 2.40. The zero-order valence-electron chi connectivity index (χ0n) is 23.0. The van der Waals surface area contributed by atoms with E-state index in [4.69, 9.17) is 15.9 Å². The van der Waals surface area contributed by atoms with E-state index in [2.05, 4.69) is 9.62 Å². The number of fused-ring (bicyclic) bond motifs is 1. The van der Waals surface area contributed by atoms with E-state index in [1.54, 1.807) is 17.0 Å². The molecule has 214 valence electrons. The Labute approximate surface area is 230 Å². The number of nitrogens with one attached hydrogen (secondary N) is 2. The van der Waals surface area contributed by atoms with E-state index in [0.29, 0.717) is 45.4 Å². The van der Waals surface area contributed by atoms with Gasteiger partial charge in [0.05, 0.1) is 12.0 Å². The average Bonchev–Trinajstić information content (AvgIpc) is 2.91. The molecule has 4 rings (SSSR count). The summed E-state index contributed by atoms with van der Waals surface area (Å²) in [6.45, 7) is 4.85. The van der Waals surface area contributed by atoms with Crippen LogP contribution >= 0.6 is 0 Å². The van der Waals surface area contributed by atoms with Crippen molar-refractivity contribution in [2.24, 2.45) is 11.7 Å². The number of likely N-dealkylation sites (tertiary alicyclic amines) is 1. The van der Waals surface area contributed by atoms with Crippen molar-refractivity contribution in [2.45, 2.75) is 62.6 Å². The fourth-order valence-electron chi connectivity index (χ4n) is 5.67. The molecule has 1 aromatic rings. The minimum absolute atomic E-state index is 0.0705. The van der Waals surface area contributed by atoms with E-state index in [-0.39, 0.29) is 23.2 Å². The highest BCUT2D eigenvalue weighted by Crippen LogP contribution is 2.27. The maximum Gasteiger partial charge on any atom is 0.328 e. The molecule has 0 aromatic heterocycles. The number of piperidine rings is 1. The van der Waals surface area contributed by atoms with Crippen LogP contribution in [0.3, 0.4) is 0 Å². The first-order valence-corrected chi connectivity index (χ1v) is 14.9. The summed E-state index contributed by atoms with van der Waals surface area (Å²) in [5.41, 5.74) is 8.59. The Bertz CT molecular complexity index is 1250. The molecule has 39 heavy (non-hydrogen) atoms. The molecule has 3 aliphatic heterocycles. The van der Waals surface area contributed by atoms with Crippen LogP contribution in [0.4, 0.5) is 0 Å². The largest absolute Gasteiger partial charge is 0.467 e. The summed E-state index contributed by atoms with van der Waals surface area (Å²) >= 11 is 0. The number of benzene rings is 1. The van der Waals surface area contributed by atoms with E-state index in [1.807, 2.05) is 26.1 Å². The molecule has 4 N–H and O–H groups in total. The molecule has 3 atom stereocenters. The van der Waals surface area contributed by atoms with E-state index in [9.17, 15) is 18.0 Å². The summed E-state index contributed by atoms with van der Waals surface area (Å²) in [6, 6.07) is 3.22. The number of rotatable bonds is 7. The van der Waals surface area contributed by atoms with Crippen LogP contribution in [-0.4, -0.2) is 93.4 Å². The predicted octanol–water partition coefficient (Wildman–Crippen LogP) is 1.04. The fraction of sp³-hybridized carbons (Fsp3) is 0.593. The standard InChI is InChI=1S/C27H40N6O5S/c1-18-8-12-33(24(13-18)26(35)38-3)25(34)23(14-19-5-4-10-32(16-19)27(28)29)30-39(36,37)22-7-6-20-9-11-31(2)17-21(20)15-22/h5-7,15,18,23-24,30H,4,8-14,16-17H2,1-3H3,(H3,28,29)/t18-,23-,24+/m0/s1. The van der Waals surface area contributed by atoms with E-state index in [0.717, 1.165) is 29.7 Å². The molecule has 0 unspecified atom stereocenters. The Kier molecular flexibility index (Phi) is 8.97. The number of hydrogen-bond acceptors (Lipinski definition) is 7. The first-order chi connectivity index (χ1) is 18.5. The molecule has 0 spiro atoms. The van der Waals surface area contributed by atoms with Crippen LogP contribution in [0.25, 0.3) is 0 Å². The number of guanidine groups is 1. The van der Waals surface area contributed by atoms with Crippen molar-refractivity contribution in [3.8, 4) is 0 Å². The second-order valence-corrected chi connectivity index (χ2v) is 12.7. The number of esters is 1. The van der Waals surface area contributed by atoms with Crippen molar-refractivity contribution in [1.82, 2.24) is 19.4 Å². The second kappa shape index (κ2) is 12.1. The third kappa shape index (κ3) is 6.79. The smallest absolute Gasteiger partial charge is 0.328 e. The Morgan fingerprint density at radius 1 is 1.21 bits per heavy atom. The topological polar surface area (TPSA) is 149 Å². The number of ether oxygens (including phenoxy) is 1. The normalized spacial score (nSPS) is 23.0. The van der Waals surface area contributed by atoms with Crippen LogP contribution in [0.15, 0.2) is 34.7 Å². The van der Waals surface area contributed by atoms with Gasteiger partial charge in [0.2, 0.25) is 15.9 Å². The van der Waals surface area contributed by atoms with Crippen molar-refractivity contribution in [1.29, 1.82) is 5.41 Å². The number of carbonyl (C=O) groups excluding carboxylic acids is 2. The van der Waals surface area contributed by atoms with Crippen LogP contribution < -0.4 is 10.5 Å². The highest BCUT2D eigenvalue weighted by atomic mass is 32.2. The predicted molar refractivity (Wildman–Crippen MR) is 147 cm³/mol. The summed E-state index contributed by atoms with van der Waals surface area (Å²) in [5, 5.41) is 7.80. The van der Waals surface area contributed by atoms with Gasteiger partial charge in [-0.1, -0.05) is 24.6 Å². The van der Waals surface area contributed by atoms with Crippen molar-refractivity contribution in [3.05, 3.63) is 41.0 Å². The number of likely N-dealkylation sites (N-methyl/N-ethyl adjacent to an activating group) is 1. The first-order valence-electron chi connectivity index (χ1n) is 13.5. The number of carbonyl (C=O) groups is 2. The molecule has 1 fully saturated rings. The molecule has 0 aliphatic carbocycles. The van der Waals surface area contributed by atoms with Gasteiger partial charge in [0.1, 0.15) is 12.1 Å². The van der Waals surface area contributed by atoms with Crippen molar-refractivity contribution in [3.63, 3.8) is 0 Å². The lowest BCUT2D eigenvalue weighted by molar-refractivity contribution is -0.156. The van der Waals surface area contributed by atoms with Gasteiger partial charge in [-0.25, -0.2) is 13.2 Å². The van der Waals surface area contributed by atoms with E-state index in [1.165, 1.54) is 12.0 Å². The SMILES string of the molecule is COC(=O)[C@H]1C[C@@H](C)CCN1C(=O)[C@H](CC1=CCCN(C(=N)N)C1)NS(=O)(=O)c1ccc2c(c1)CN(C)CC2. The monoisotopic (exact) mass is 560 g/mol. The number of methoxy groups -OCH3 is 1. The van der Waals surface area contributed by atoms with Crippen molar-refractivity contribution < 1.29 is 22.7 Å². The molecule has 0 radical (unpaired) electrons. The summed E-state index contributed by atoms with van der Waals surface area (Å²) < 4.78 is 35.0. The van der Waals surface area contributed by atoms with Crippen LogP contribution in [0.1, 0.15) is 43.7 Å². The molecule has 3 heterocycles. The average molecular weight is 561 g/mol. The molecule has 1 amide bonds. The Hall–Kier alpha value is -2.96. The Morgan fingerprint density at radius 2 is 1.97 bits per heavy atom. The lowest BCUT2D eigenvalue weighted by Crippen LogP contribution is -2.57. The molecule has 0 saturated carbocycles. The van der Waals surface area contributed by atoms with Crippen LogP contribution in [-0.2, 0) is 37.3 Å². The maximum absolute atomic E-state index is 14.0. The molecule has 11 nitrogen and oxygen atoms in total. The lowest BCUT2D eigenvalue weighted by Gasteiger charge is -2.39. The molecule has 3 aliphatic rings. The summed E-state index contributed by atoms with van der Waals surface area (Å²) in [4.78, 5) is 32.0. The van der Waals surface area contributed by atoms with E-state index < -0.39 is 34.0 Å². The minimum Gasteiger partial charge on any atom is -0.467 e. The lowest BCUT2D eigenvalue weighted by atomic mass is 9.91. The molecular formula is C27H40N6O5S. The maximum atomic E-state index is 14.0. The van der Waals surface area contributed by atoms with Gasteiger partial charge in [-0.3, -0.25) is 10.2 Å². The third-order valence-corrected chi connectivity index (χ3v) is 9.41. The Balaban J connectivity index is 1.63. The molecule has 0 bridgehead atoms. The van der Waals surface area contributed by atoms with Crippen LogP contribution in [0.5, 0.6) is 0 Å². The van der Waals surface area contributed by atoms with Gasteiger partial charge in [-0.05, 0) is 68.3 Å². The minimum atomic E-state index is -4.07. The number of sulfonamides is 1. The summed E-state index contributed by atoms with van der Waals surface area (Å²) in [6.07, 6.45) is 4.72. The zero-order chi connectivity index (χ0) is 28.3. The van der Waals surface area contributed by atoms with Gasteiger partial charge in [0, 0.05) is 32.7 Å². The first kappa shape index (κ1) is 29.0. The van der Waals surface area contributed by atoms with Gasteiger partial charge in [0.15, 0.2) is 5.96 Å². The molecule has 12 heteroatoms. The number of nitrogens with two attached hydrogens (primary N) is 1. The summed E-state index contributed by atoms with van der Waals surface area (Å²) in [5.74, 6) is -0.805. The number of amides is 1. The number of hydrogen-bond donors (Lipinski definition) is 3. The third-order valence-electron chi connectivity index (χ3n) is 7.94. The zero-order valence-corrected chi connectivity index (χ0v) is 23.8. The van der Waals surface area contributed by atoms with Crippen molar-refractivity contribution in [2.75, 3.05) is 40.3 Å². The van der Waals surface area contributed by atoms with Crippen LogP contribution in [0, 0.1) is 11.3 Å². The van der Waals surface area contributed by atoms with Gasteiger partial charge in [0.25, 0.3) is 0 Å². The molecule has 1 saturated heterocycles. The summed E-state index contributed by atoms with van der Waals surface area (Å²) in [7, 11) is -0.779. The fourth-order valence-corrected chi connectivity index (χ4v) is 6.91. The van der Waals surface area contributed by atoms with Crippen molar-refractivity contribution >= 4 is 27.9 Å². The van der Waals surface area contributed by atoms with Gasteiger partial charge < -0.3 is 25.2 Å². The molecule has 1 aromatic carbocycles. The Morgan fingerprint density at radius 3 is 2.69 bits per heavy atom.